The number of rotatable bonds is 3. The number of aromatic nitrogens is 3. The molecule has 0 fully saturated rings. The summed E-state index contributed by atoms with van der Waals surface area (Å²) in [4.78, 5) is 11.8. The molecule has 0 spiro atoms. The van der Waals surface area contributed by atoms with Gasteiger partial charge in [0.25, 0.3) is 0 Å². The van der Waals surface area contributed by atoms with Crippen LogP contribution in [0.2, 0.25) is 0 Å². The van der Waals surface area contributed by atoms with Crippen LogP contribution in [0.3, 0.4) is 0 Å². The zero-order valence-electron chi connectivity index (χ0n) is 21.2. The van der Waals surface area contributed by atoms with E-state index in [1.54, 1.807) is 11.3 Å². The van der Waals surface area contributed by atoms with Crippen LogP contribution in [-0.4, -0.2) is 14.5 Å². The number of anilines is 3. The zero-order chi connectivity index (χ0) is 25.8. The summed E-state index contributed by atoms with van der Waals surface area (Å²) < 4.78 is 2.28. The normalized spacial score (nSPS) is 12.9. The molecular formula is C34H24N4S. The first kappa shape index (κ1) is 22.3. The molecule has 0 bridgehead atoms. The zero-order valence-corrected chi connectivity index (χ0v) is 22.0. The Labute approximate surface area is 230 Å². The molecule has 5 heteroatoms. The van der Waals surface area contributed by atoms with E-state index in [4.69, 9.17) is 4.98 Å². The number of pyridine rings is 1. The maximum Gasteiger partial charge on any atom is 0.137 e. The SMILES string of the molecule is c1ccc(-n2c3ccccc3c3ccc(N4c5ccccc5CCc5ccc(-c6nccs6)cc54)cc32)nc1. The van der Waals surface area contributed by atoms with Crippen molar-refractivity contribution in [2.75, 3.05) is 4.90 Å². The average molecular weight is 521 g/mol. The number of aryl methyl sites for hydroxylation is 2. The highest BCUT2D eigenvalue weighted by molar-refractivity contribution is 7.13. The molecule has 0 atom stereocenters. The molecule has 39 heavy (non-hydrogen) atoms. The molecule has 4 aromatic carbocycles. The van der Waals surface area contributed by atoms with Crippen LogP contribution in [0.15, 0.2) is 121 Å². The molecule has 7 aromatic rings. The van der Waals surface area contributed by atoms with Crippen molar-refractivity contribution in [1.29, 1.82) is 0 Å². The molecule has 0 saturated carbocycles. The Kier molecular flexibility index (Phi) is 5.10. The van der Waals surface area contributed by atoms with E-state index in [0.29, 0.717) is 0 Å². The molecule has 0 aliphatic carbocycles. The summed E-state index contributed by atoms with van der Waals surface area (Å²) in [5.74, 6) is 0.920. The number of fused-ring (bicyclic) bond motifs is 5. The molecule has 186 valence electrons. The molecule has 0 N–H and O–H groups in total. The molecule has 0 radical (unpaired) electrons. The summed E-state index contributed by atoms with van der Waals surface area (Å²) in [6, 6.07) is 37.2. The lowest BCUT2D eigenvalue weighted by Gasteiger charge is -2.28. The fourth-order valence-corrected chi connectivity index (χ4v) is 6.57. The lowest BCUT2D eigenvalue weighted by Crippen LogP contribution is -2.12. The summed E-state index contributed by atoms with van der Waals surface area (Å²) in [5.41, 5.74) is 9.73. The maximum absolute atomic E-state index is 4.73. The molecule has 0 amide bonds. The van der Waals surface area contributed by atoms with Gasteiger partial charge < -0.3 is 4.90 Å². The monoisotopic (exact) mass is 520 g/mol. The maximum atomic E-state index is 4.73. The first-order chi connectivity index (χ1) is 19.3. The van der Waals surface area contributed by atoms with Crippen LogP contribution in [0.25, 0.3) is 38.2 Å². The molecule has 4 nitrogen and oxygen atoms in total. The average Bonchev–Trinajstić information content (AvgIpc) is 3.60. The Bertz CT molecular complexity index is 1970. The van der Waals surface area contributed by atoms with Gasteiger partial charge >= 0.3 is 0 Å². The van der Waals surface area contributed by atoms with Crippen molar-refractivity contribution in [2.24, 2.45) is 0 Å². The van der Waals surface area contributed by atoms with E-state index in [9.17, 15) is 0 Å². The van der Waals surface area contributed by atoms with Gasteiger partial charge in [0.2, 0.25) is 0 Å². The highest BCUT2D eigenvalue weighted by atomic mass is 32.1. The lowest BCUT2D eigenvalue weighted by atomic mass is 10.0. The number of thiazole rings is 1. The third-order valence-corrected chi connectivity index (χ3v) is 8.52. The minimum Gasteiger partial charge on any atom is -0.310 e. The van der Waals surface area contributed by atoms with Gasteiger partial charge in [-0.3, -0.25) is 4.57 Å². The molecular weight excluding hydrogens is 496 g/mol. The quantitative estimate of drug-likeness (QED) is 0.233. The second-order valence-corrected chi connectivity index (χ2v) is 10.8. The van der Waals surface area contributed by atoms with Gasteiger partial charge in [0, 0.05) is 45.5 Å². The molecule has 1 aliphatic heterocycles. The lowest BCUT2D eigenvalue weighted by molar-refractivity contribution is 0.978. The van der Waals surface area contributed by atoms with Gasteiger partial charge in [-0.2, -0.15) is 0 Å². The van der Waals surface area contributed by atoms with Crippen LogP contribution in [0.1, 0.15) is 11.1 Å². The van der Waals surface area contributed by atoms with Gasteiger partial charge in [0.05, 0.1) is 16.7 Å². The fourth-order valence-electron chi connectivity index (χ4n) is 5.93. The summed E-state index contributed by atoms with van der Waals surface area (Å²) in [6.07, 6.45) is 5.74. The van der Waals surface area contributed by atoms with Crippen molar-refractivity contribution in [2.45, 2.75) is 12.8 Å². The van der Waals surface area contributed by atoms with Gasteiger partial charge in [-0.25, -0.2) is 9.97 Å². The molecule has 3 aromatic heterocycles. The summed E-state index contributed by atoms with van der Waals surface area (Å²) in [7, 11) is 0. The highest BCUT2D eigenvalue weighted by Crippen LogP contribution is 2.45. The van der Waals surface area contributed by atoms with Gasteiger partial charge in [-0.1, -0.05) is 60.7 Å². The van der Waals surface area contributed by atoms with Gasteiger partial charge in [0.15, 0.2) is 0 Å². The van der Waals surface area contributed by atoms with Crippen molar-refractivity contribution in [3.63, 3.8) is 0 Å². The standard InChI is InChI=1S/C34H24N4S/c1-3-9-29-23(7-1)12-13-24-14-15-25(34-36-19-20-39-34)21-31(24)37(29)26-16-17-28-27-8-2-4-10-30(27)38(32(28)22-26)33-11-5-6-18-35-33/h1-11,14-22H,12-13H2. The number of hydrogen-bond donors (Lipinski definition) is 0. The van der Waals surface area contributed by atoms with Crippen LogP contribution in [0.4, 0.5) is 17.1 Å². The Morgan fingerprint density at radius 1 is 0.615 bits per heavy atom. The van der Waals surface area contributed by atoms with E-state index in [-0.39, 0.29) is 0 Å². The smallest absolute Gasteiger partial charge is 0.137 e. The fraction of sp³-hybridized carbons (Fsp3) is 0.0588. The third-order valence-electron chi connectivity index (χ3n) is 7.70. The van der Waals surface area contributed by atoms with Gasteiger partial charge in [-0.15, -0.1) is 11.3 Å². The van der Waals surface area contributed by atoms with Crippen LogP contribution < -0.4 is 4.90 Å². The van der Waals surface area contributed by atoms with Crippen molar-refractivity contribution in [1.82, 2.24) is 14.5 Å². The third kappa shape index (κ3) is 3.58. The van der Waals surface area contributed by atoms with E-state index in [0.717, 1.165) is 46.0 Å². The van der Waals surface area contributed by atoms with E-state index in [1.807, 2.05) is 29.9 Å². The molecule has 4 heterocycles. The van der Waals surface area contributed by atoms with E-state index >= 15 is 0 Å². The van der Waals surface area contributed by atoms with Crippen molar-refractivity contribution >= 4 is 50.2 Å². The van der Waals surface area contributed by atoms with Gasteiger partial charge in [-0.05, 0) is 66.4 Å². The van der Waals surface area contributed by atoms with Crippen LogP contribution in [0.5, 0.6) is 0 Å². The van der Waals surface area contributed by atoms with Gasteiger partial charge in [0.1, 0.15) is 10.8 Å². The highest BCUT2D eigenvalue weighted by Gasteiger charge is 2.24. The van der Waals surface area contributed by atoms with Crippen molar-refractivity contribution < 1.29 is 0 Å². The van der Waals surface area contributed by atoms with Crippen molar-refractivity contribution in [3.8, 4) is 16.4 Å². The number of hydrogen-bond acceptors (Lipinski definition) is 4. The molecule has 1 aliphatic rings. The summed E-state index contributed by atoms with van der Waals surface area (Å²) in [5, 5.41) is 5.53. The first-order valence-corrected chi connectivity index (χ1v) is 14.1. The van der Waals surface area contributed by atoms with Crippen LogP contribution in [0, 0.1) is 0 Å². The Morgan fingerprint density at radius 3 is 2.31 bits per heavy atom. The molecule has 8 rings (SSSR count). The Morgan fingerprint density at radius 2 is 1.44 bits per heavy atom. The molecule has 0 saturated heterocycles. The van der Waals surface area contributed by atoms with E-state index in [2.05, 4.69) is 105 Å². The Balaban J connectivity index is 1.41. The minimum absolute atomic E-state index is 0.920. The second-order valence-electron chi connectivity index (χ2n) is 9.89. The van der Waals surface area contributed by atoms with E-state index < -0.39 is 0 Å². The predicted octanol–water partition coefficient (Wildman–Crippen LogP) is 8.87. The Hall–Kier alpha value is -4.74. The largest absolute Gasteiger partial charge is 0.310 e. The topological polar surface area (TPSA) is 34.0 Å². The molecule has 0 unspecified atom stereocenters. The minimum atomic E-state index is 0.920. The number of nitrogens with zero attached hydrogens (tertiary/aromatic N) is 4. The summed E-state index contributed by atoms with van der Waals surface area (Å²) in [6.45, 7) is 0. The van der Waals surface area contributed by atoms with Crippen LogP contribution in [-0.2, 0) is 12.8 Å². The number of para-hydroxylation sites is 2. The van der Waals surface area contributed by atoms with Crippen LogP contribution >= 0.6 is 11.3 Å². The summed E-state index contributed by atoms with van der Waals surface area (Å²) >= 11 is 1.68. The number of benzene rings is 4. The first-order valence-electron chi connectivity index (χ1n) is 13.2. The van der Waals surface area contributed by atoms with E-state index in [1.165, 1.54) is 33.3 Å². The predicted molar refractivity (Wildman–Crippen MR) is 162 cm³/mol. The second kappa shape index (κ2) is 8.93. The van der Waals surface area contributed by atoms with Crippen molar-refractivity contribution in [3.05, 3.63) is 132 Å².